The van der Waals surface area contributed by atoms with Crippen LogP contribution in [-0.2, 0) is 9.53 Å². The van der Waals surface area contributed by atoms with Gasteiger partial charge >= 0.3 is 5.97 Å². The fourth-order valence-electron chi connectivity index (χ4n) is 1.27. The SMILES string of the molecule is CC(/C=C\C[Si](C)(C)C)/C=C/C(=O)OC(C)(C)C. The van der Waals surface area contributed by atoms with Gasteiger partial charge in [-0.15, -0.1) is 0 Å². The van der Waals surface area contributed by atoms with Crippen molar-refractivity contribution in [2.45, 2.75) is 59.0 Å². The number of esters is 1. The number of rotatable bonds is 5. The molecule has 0 fully saturated rings. The van der Waals surface area contributed by atoms with Gasteiger partial charge < -0.3 is 4.74 Å². The molecule has 0 bridgehead atoms. The van der Waals surface area contributed by atoms with Crippen LogP contribution in [0, 0.1) is 5.92 Å². The Morgan fingerprint density at radius 1 is 1.22 bits per heavy atom. The van der Waals surface area contributed by atoms with Gasteiger partial charge in [0.1, 0.15) is 5.60 Å². The molecule has 0 N–H and O–H groups in total. The fraction of sp³-hybridized carbons (Fsp3) is 0.667. The minimum atomic E-state index is -1.00. The standard InChI is InChI=1S/C15H28O2Si/c1-13(9-8-12-18(5,6)7)10-11-14(16)17-15(2,3)4/h8-11,13H,12H2,1-7H3/b9-8-,11-10+. The Morgan fingerprint density at radius 3 is 2.22 bits per heavy atom. The highest BCUT2D eigenvalue weighted by Crippen LogP contribution is 2.11. The molecule has 0 aromatic heterocycles. The van der Waals surface area contributed by atoms with Crippen LogP contribution < -0.4 is 0 Å². The van der Waals surface area contributed by atoms with Gasteiger partial charge in [0, 0.05) is 14.1 Å². The van der Waals surface area contributed by atoms with Gasteiger partial charge in [-0.3, -0.25) is 0 Å². The first-order chi connectivity index (χ1) is 7.99. The zero-order valence-corrected chi connectivity index (χ0v) is 13.9. The Labute approximate surface area is 113 Å². The van der Waals surface area contributed by atoms with Crippen LogP contribution in [0.3, 0.4) is 0 Å². The maximum absolute atomic E-state index is 11.5. The molecule has 1 unspecified atom stereocenters. The molecular weight excluding hydrogens is 240 g/mol. The van der Waals surface area contributed by atoms with Crippen molar-refractivity contribution in [3.05, 3.63) is 24.3 Å². The number of hydrogen-bond donors (Lipinski definition) is 0. The van der Waals surface area contributed by atoms with Gasteiger partial charge in [-0.2, -0.15) is 0 Å². The van der Waals surface area contributed by atoms with Gasteiger partial charge in [0.15, 0.2) is 0 Å². The highest BCUT2D eigenvalue weighted by molar-refractivity contribution is 6.76. The van der Waals surface area contributed by atoms with E-state index in [0.29, 0.717) is 0 Å². The number of ether oxygens (including phenoxy) is 1. The predicted octanol–water partition coefficient (Wildman–Crippen LogP) is 4.41. The Bertz CT molecular complexity index is 316. The van der Waals surface area contributed by atoms with Crippen molar-refractivity contribution in [2.24, 2.45) is 5.92 Å². The summed E-state index contributed by atoms with van der Waals surface area (Å²) in [4.78, 5) is 11.5. The van der Waals surface area contributed by atoms with Crippen molar-refractivity contribution in [1.82, 2.24) is 0 Å². The predicted molar refractivity (Wildman–Crippen MR) is 81.4 cm³/mol. The molecule has 2 nitrogen and oxygen atoms in total. The molecule has 0 saturated heterocycles. The van der Waals surface area contributed by atoms with E-state index in [0.717, 1.165) is 0 Å². The van der Waals surface area contributed by atoms with E-state index in [1.165, 1.54) is 12.1 Å². The van der Waals surface area contributed by atoms with Gasteiger partial charge in [-0.1, -0.05) is 44.8 Å². The lowest BCUT2D eigenvalue weighted by Gasteiger charge is -2.18. The van der Waals surface area contributed by atoms with E-state index in [1.54, 1.807) is 0 Å². The van der Waals surface area contributed by atoms with Crippen LogP contribution in [-0.4, -0.2) is 19.6 Å². The molecule has 0 aromatic carbocycles. The normalized spacial score (nSPS) is 15.3. The maximum Gasteiger partial charge on any atom is 0.330 e. The first kappa shape index (κ1) is 17.2. The second-order valence-corrected chi connectivity index (χ2v) is 12.5. The lowest BCUT2D eigenvalue weighted by Crippen LogP contribution is -2.22. The topological polar surface area (TPSA) is 26.3 Å². The molecule has 18 heavy (non-hydrogen) atoms. The maximum atomic E-state index is 11.5. The Kier molecular flexibility index (Phi) is 6.61. The van der Waals surface area contributed by atoms with Crippen LogP contribution in [0.1, 0.15) is 27.7 Å². The Morgan fingerprint density at radius 2 is 1.78 bits per heavy atom. The molecule has 0 saturated carbocycles. The third-order valence-corrected chi connectivity index (χ3v) is 3.57. The van der Waals surface area contributed by atoms with Gasteiger partial charge in [0.2, 0.25) is 0 Å². The second kappa shape index (κ2) is 6.93. The summed E-state index contributed by atoms with van der Waals surface area (Å²) in [6.45, 7) is 14.7. The summed E-state index contributed by atoms with van der Waals surface area (Å²) < 4.78 is 5.20. The second-order valence-electron chi connectivity index (χ2n) is 6.94. The molecule has 0 aliphatic rings. The van der Waals surface area contributed by atoms with Crippen molar-refractivity contribution in [3.8, 4) is 0 Å². The monoisotopic (exact) mass is 268 g/mol. The first-order valence-electron chi connectivity index (χ1n) is 6.57. The van der Waals surface area contributed by atoms with E-state index in [9.17, 15) is 4.79 Å². The van der Waals surface area contributed by atoms with Gasteiger partial charge in [0.25, 0.3) is 0 Å². The van der Waals surface area contributed by atoms with E-state index in [-0.39, 0.29) is 11.9 Å². The molecule has 0 radical (unpaired) electrons. The summed E-state index contributed by atoms with van der Waals surface area (Å²) in [6.07, 6.45) is 7.79. The van der Waals surface area contributed by atoms with Crippen LogP contribution in [0.4, 0.5) is 0 Å². The van der Waals surface area contributed by atoms with Crippen molar-refractivity contribution < 1.29 is 9.53 Å². The van der Waals surface area contributed by atoms with Crippen molar-refractivity contribution in [3.63, 3.8) is 0 Å². The van der Waals surface area contributed by atoms with E-state index in [4.69, 9.17) is 4.74 Å². The molecule has 1 atom stereocenters. The highest BCUT2D eigenvalue weighted by atomic mass is 28.3. The Balaban J connectivity index is 4.16. The van der Waals surface area contributed by atoms with Crippen molar-refractivity contribution >= 4 is 14.0 Å². The smallest absolute Gasteiger partial charge is 0.330 e. The average Bonchev–Trinajstić information content (AvgIpc) is 2.09. The van der Waals surface area contributed by atoms with Crippen molar-refractivity contribution in [2.75, 3.05) is 0 Å². The molecule has 0 heterocycles. The highest BCUT2D eigenvalue weighted by Gasteiger charge is 2.14. The van der Waals surface area contributed by atoms with Gasteiger partial charge in [0.05, 0.1) is 0 Å². The van der Waals surface area contributed by atoms with Crippen molar-refractivity contribution in [1.29, 1.82) is 0 Å². The summed E-state index contributed by atoms with van der Waals surface area (Å²) >= 11 is 0. The zero-order valence-electron chi connectivity index (χ0n) is 12.9. The number of hydrogen-bond acceptors (Lipinski definition) is 2. The Hall–Kier alpha value is -0.833. The molecule has 0 spiro atoms. The largest absolute Gasteiger partial charge is 0.457 e. The number of carbonyl (C=O) groups is 1. The van der Waals surface area contributed by atoms with Crippen LogP contribution in [0.2, 0.25) is 25.7 Å². The molecule has 0 aromatic rings. The van der Waals surface area contributed by atoms with Gasteiger partial charge in [-0.05, 0) is 32.7 Å². The lowest BCUT2D eigenvalue weighted by atomic mass is 10.1. The molecule has 104 valence electrons. The zero-order chi connectivity index (χ0) is 14.4. The minimum absolute atomic E-state index is 0.270. The average molecular weight is 268 g/mol. The summed E-state index contributed by atoms with van der Waals surface area (Å²) in [6, 6.07) is 1.18. The van der Waals surface area contributed by atoms with Crippen LogP contribution in [0.5, 0.6) is 0 Å². The minimum Gasteiger partial charge on any atom is -0.457 e. The van der Waals surface area contributed by atoms with Crippen LogP contribution >= 0.6 is 0 Å². The van der Waals surface area contributed by atoms with E-state index in [2.05, 4.69) is 38.7 Å². The van der Waals surface area contributed by atoms with E-state index < -0.39 is 13.7 Å². The molecule has 0 aliphatic carbocycles. The molecular formula is C15H28O2Si. The molecule has 0 amide bonds. The van der Waals surface area contributed by atoms with Crippen LogP contribution in [0.25, 0.3) is 0 Å². The summed E-state index contributed by atoms with van der Waals surface area (Å²) in [5, 5.41) is 0. The van der Waals surface area contributed by atoms with E-state index in [1.807, 2.05) is 26.8 Å². The first-order valence-corrected chi connectivity index (χ1v) is 10.3. The fourth-order valence-corrected chi connectivity index (χ4v) is 2.11. The number of allylic oxidation sites excluding steroid dienone is 3. The molecule has 0 rings (SSSR count). The van der Waals surface area contributed by atoms with Gasteiger partial charge in [-0.25, -0.2) is 4.79 Å². The van der Waals surface area contributed by atoms with Crippen LogP contribution in [0.15, 0.2) is 24.3 Å². The quantitative estimate of drug-likeness (QED) is 0.319. The third-order valence-electron chi connectivity index (χ3n) is 2.11. The lowest BCUT2D eigenvalue weighted by molar-refractivity contribution is -0.148. The van der Waals surface area contributed by atoms with E-state index >= 15 is 0 Å². The summed E-state index contributed by atoms with van der Waals surface area (Å²) in [5.41, 5.74) is -0.418. The molecule has 0 aliphatic heterocycles. The summed E-state index contributed by atoms with van der Waals surface area (Å²) in [7, 11) is -1.00. The number of carbonyl (C=O) groups excluding carboxylic acids is 1. The molecule has 3 heteroatoms. The third kappa shape index (κ3) is 11.6. The summed E-state index contributed by atoms with van der Waals surface area (Å²) in [5.74, 6) is 0.00168.